The number of hydrogen-bond donors (Lipinski definition) is 2. The van der Waals surface area contributed by atoms with Gasteiger partial charge in [-0.25, -0.2) is 9.97 Å². The Morgan fingerprint density at radius 3 is 2.66 bits per heavy atom. The van der Waals surface area contributed by atoms with E-state index in [0.717, 1.165) is 38.5 Å². The molecule has 0 radical (unpaired) electrons. The predicted molar refractivity (Wildman–Crippen MR) is 102 cm³/mol. The lowest BCUT2D eigenvalue weighted by atomic mass is 9.96. The molecule has 1 aromatic carbocycles. The van der Waals surface area contributed by atoms with Crippen LogP contribution in [0.2, 0.25) is 0 Å². The molecule has 2 fully saturated rings. The summed E-state index contributed by atoms with van der Waals surface area (Å²) in [5.74, 6) is -0.418. The van der Waals surface area contributed by atoms with Crippen LogP contribution in [-0.4, -0.2) is 40.5 Å². The number of aromatic hydroxyl groups is 1. The largest absolute Gasteiger partial charge is 0.507 e. The van der Waals surface area contributed by atoms with Gasteiger partial charge in [0.2, 0.25) is 0 Å². The normalized spacial score (nSPS) is 21.0. The van der Waals surface area contributed by atoms with Crippen LogP contribution in [0.4, 0.5) is 19.0 Å². The average molecular weight is 406 g/mol. The number of nitrogens with two attached hydrogens (primary N) is 1. The van der Waals surface area contributed by atoms with Gasteiger partial charge in [0.15, 0.2) is 5.82 Å². The summed E-state index contributed by atoms with van der Waals surface area (Å²) in [6.45, 7) is 3.00. The van der Waals surface area contributed by atoms with Gasteiger partial charge in [-0.2, -0.15) is 13.2 Å². The van der Waals surface area contributed by atoms with E-state index in [1.807, 2.05) is 0 Å². The quantitative estimate of drug-likeness (QED) is 0.758. The Kier molecular flexibility index (Phi) is 4.72. The van der Waals surface area contributed by atoms with Crippen LogP contribution in [0, 0.1) is 12.3 Å². The first-order valence-electron chi connectivity index (χ1n) is 9.34. The number of hydrogen-bond acceptors (Lipinski definition) is 6. The van der Waals surface area contributed by atoms with E-state index in [4.69, 9.17) is 10.5 Å². The molecule has 1 aliphatic heterocycles. The van der Waals surface area contributed by atoms with Crippen molar-refractivity contribution in [1.29, 1.82) is 0 Å². The summed E-state index contributed by atoms with van der Waals surface area (Å²) in [6, 6.07) is 1.87. The molecule has 1 aromatic heterocycles. The fraction of sp³-hybridized carbons (Fsp3) is 0.450. The summed E-state index contributed by atoms with van der Waals surface area (Å²) in [5.41, 5.74) is 6.30. The number of benzene rings is 1. The summed E-state index contributed by atoms with van der Waals surface area (Å²) >= 11 is 0. The molecule has 154 valence electrons. The van der Waals surface area contributed by atoms with Gasteiger partial charge in [0, 0.05) is 18.8 Å². The SMILES string of the molecule is Cc1cc(C(F)(F)F)cc(O)c1-c1cnc(C=NC2CC23CCOCC3)c(N)n1. The highest BCUT2D eigenvalue weighted by Gasteiger charge is 2.54. The smallest absolute Gasteiger partial charge is 0.416 e. The first-order chi connectivity index (χ1) is 13.7. The van der Waals surface area contributed by atoms with Gasteiger partial charge in [0.25, 0.3) is 0 Å². The Morgan fingerprint density at radius 1 is 1.31 bits per heavy atom. The summed E-state index contributed by atoms with van der Waals surface area (Å²) in [6.07, 6.45) is 1.46. The topological polar surface area (TPSA) is 93.6 Å². The maximum atomic E-state index is 12.9. The summed E-state index contributed by atoms with van der Waals surface area (Å²) in [7, 11) is 0. The van der Waals surface area contributed by atoms with Crippen LogP contribution in [0.3, 0.4) is 0 Å². The van der Waals surface area contributed by atoms with Crippen molar-refractivity contribution in [2.45, 2.75) is 38.4 Å². The zero-order valence-corrected chi connectivity index (χ0v) is 15.8. The number of alkyl halides is 3. The highest BCUT2D eigenvalue weighted by atomic mass is 19.4. The van der Waals surface area contributed by atoms with Gasteiger partial charge in [-0.3, -0.25) is 4.99 Å². The van der Waals surface area contributed by atoms with Crippen LogP contribution in [0.1, 0.15) is 36.1 Å². The van der Waals surface area contributed by atoms with Gasteiger partial charge >= 0.3 is 6.18 Å². The first-order valence-corrected chi connectivity index (χ1v) is 9.34. The number of aryl methyl sites for hydroxylation is 1. The molecule has 0 bridgehead atoms. The predicted octanol–water partition coefficient (Wildman–Crippen LogP) is 3.75. The molecule has 3 N–H and O–H groups in total. The Bertz CT molecular complexity index is 946. The molecule has 2 aromatic rings. The first kappa shape index (κ1) is 19.6. The van der Waals surface area contributed by atoms with E-state index in [1.165, 1.54) is 13.1 Å². The number of nitrogens with zero attached hydrogens (tertiary/aromatic N) is 3. The number of rotatable bonds is 3. The monoisotopic (exact) mass is 406 g/mol. The van der Waals surface area contributed by atoms with Crippen LogP contribution in [-0.2, 0) is 10.9 Å². The molecule has 1 saturated heterocycles. The van der Waals surface area contributed by atoms with Crippen molar-refractivity contribution < 1.29 is 23.0 Å². The molecular formula is C20H21F3N4O2. The number of aliphatic imine (C=N–C) groups is 1. The molecule has 1 atom stereocenters. The van der Waals surface area contributed by atoms with Gasteiger partial charge < -0.3 is 15.6 Å². The van der Waals surface area contributed by atoms with Crippen LogP contribution < -0.4 is 5.73 Å². The lowest BCUT2D eigenvalue weighted by molar-refractivity contribution is -0.137. The summed E-state index contributed by atoms with van der Waals surface area (Å²) < 4.78 is 44.1. The Hall–Kier alpha value is -2.68. The minimum atomic E-state index is -4.55. The number of ether oxygens (including phenoxy) is 1. The van der Waals surface area contributed by atoms with Crippen LogP contribution >= 0.6 is 0 Å². The minimum absolute atomic E-state index is 0.103. The number of phenols is 1. The zero-order valence-electron chi connectivity index (χ0n) is 15.8. The fourth-order valence-corrected chi connectivity index (χ4v) is 3.91. The Balaban J connectivity index is 1.56. The van der Waals surface area contributed by atoms with Gasteiger partial charge in [-0.15, -0.1) is 0 Å². The maximum absolute atomic E-state index is 12.9. The van der Waals surface area contributed by atoms with Crippen molar-refractivity contribution in [1.82, 2.24) is 9.97 Å². The van der Waals surface area contributed by atoms with E-state index in [1.54, 1.807) is 6.21 Å². The maximum Gasteiger partial charge on any atom is 0.416 e. The van der Waals surface area contributed by atoms with E-state index < -0.39 is 17.5 Å². The summed E-state index contributed by atoms with van der Waals surface area (Å²) in [4.78, 5) is 13.1. The van der Waals surface area contributed by atoms with Crippen molar-refractivity contribution in [3.05, 3.63) is 35.2 Å². The highest BCUT2D eigenvalue weighted by Crippen LogP contribution is 2.55. The molecule has 2 aliphatic rings. The molecule has 1 aliphatic carbocycles. The minimum Gasteiger partial charge on any atom is -0.507 e. The van der Waals surface area contributed by atoms with Crippen molar-refractivity contribution in [3.63, 3.8) is 0 Å². The third-order valence-corrected chi connectivity index (χ3v) is 5.74. The molecule has 1 unspecified atom stereocenters. The van der Waals surface area contributed by atoms with Gasteiger partial charge in [-0.05, 0) is 49.3 Å². The van der Waals surface area contributed by atoms with Crippen LogP contribution in [0.5, 0.6) is 5.75 Å². The Morgan fingerprint density at radius 2 is 2.03 bits per heavy atom. The van der Waals surface area contributed by atoms with Crippen molar-refractivity contribution in [2.24, 2.45) is 10.4 Å². The zero-order chi connectivity index (χ0) is 20.8. The molecule has 29 heavy (non-hydrogen) atoms. The van der Waals surface area contributed by atoms with Crippen molar-refractivity contribution in [2.75, 3.05) is 18.9 Å². The van der Waals surface area contributed by atoms with Crippen molar-refractivity contribution >= 4 is 12.0 Å². The van der Waals surface area contributed by atoms with Gasteiger partial charge in [-0.1, -0.05) is 0 Å². The Labute approximate surface area is 165 Å². The van der Waals surface area contributed by atoms with Gasteiger partial charge in [0.1, 0.15) is 11.4 Å². The van der Waals surface area contributed by atoms with E-state index in [0.29, 0.717) is 11.8 Å². The second kappa shape index (κ2) is 6.98. The lowest BCUT2D eigenvalue weighted by Crippen LogP contribution is -2.19. The van der Waals surface area contributed by atoms with E-state index in [-0.39, 0.29) is 34.1 Å². The number of phenolic OH excluding ortho intramolecular Hbond substituents is 1. The third kappa shape index (κ3) is 3.78. The average Bonchev–Trinajstić information content (AvgIpc) is 3.31. The van der Waals surface area contributed by atoms with E-state index in [2.05, 4.69) is 15.0 Å². The molecule has 6 nitrogen and oxygen atoms in total. The second-order valence-corrected chi connectivity index (χ2v) is 7.68. The molecule has 2 heterocycles. The van der Waals surface area contributed by atoms with Crippen LogP contribution in [0.15, 0.2) is 23.3 Å². The molecule has 9 heteroatoms. The summed E-state index contributed by atoms with van der Waals surface area (Å²) in [5, 5.41) is 10.1. The number of anilines is 1. The van der Waals surface area contributed by atoms with Crippen molar-refractivity contribution in [3.8, 4) is 17.0 Å². The third-order valence-electron chi connectivity index (χ3n) is 5.74. The molecule has 1 spiro atoms. The van der Waals surface area contributed by atoms with Gasteiger partial charge in [0.05, 0.1) is 29.7 Å². The van der Waals surface area contributed by atoms with Crippen LogP contribution in [0.25, 0.3) is 11.3 Å². The molecular weight excluding hydrogens is 385 g/mol. The second-order valence-electron chi connectivity index (χ2n) is 7.68. The fourth-order valence-electron chi connectivity index (χ4n) is 3.91. The molecule has 0 amide bonds. The molecule has 4 rings (SSSR count). The standard InChI is InChI=1S/C20H21F3N4O2/c1-11-6-12(20(21,22)23)7-15(28)17(11)13-9-25-14(18(24)27-13)10-26-16-8-19(16)2-4-29-5-3-19/h6-7,9-10,16,28H,2-5,8H2,1H3,(H2,24,27). The number of nitrogen functional groups attached to an aromatic ring is 1. The van der Waals surface area contributed by atoms with E-state index in [9.17, 15) is 18.3 Å². The number of aromatic nitrogens is 2. The molecule has 1 saturated carbocycles. The lowest BCUT2D eigenvalue weighted by Gasteiger charge is -2.21. The number of halogens is 3. The van der Waals surface area contributed by atoms with E-state index >= 15 is 0 Å². The highest BCUT2D eigenvalue weighted by molar-refractivity contribution is 5.84.